The van der Waals surface area contributed by atoms with E-state index >= 15 is 0 Å². The molecule has 0 unspecified atom stereocenters. The molecule has 1 aromatic heterocycles. The van der Waals surface area contributed by atoms with Gasteiger partial charge in [0.15, 0.2) is 6.61 Å². The van der Waals surface area contributed by atoms with Gasteiger partial charge in [0, 0.05) is 17.5 Å². The Morgan fingerprint density at radius 1 is 1.21 bits per heavy atom. The monoisotopic (exact) mass is 391 g/mol. The summed E-state index contributed by atoms with van der Waals surface area (Å²) < 4.78 is 11.0. The van der Waals surface area contributed by atoms with E-state index in [1.54, 1.807) is 12.1 Å². The molecule has 0 spiro atoms. The maximum Gasteiger partial charge on any atom is 0.336 e. The molecule has 0 saturated carbocycles. The van der Waals surface area contributed by atoms with Gasteiger partial charge in [0.2, 0.25) is 0 Å². The summed E-state index contributed by atoms with van der Waals surface area (Å²) in [5.74, 6) is 0.349. The quantitative estimate of drug-likeness (QED) is 0.636. The van der Waals surface area contributed by atoms with Crippen LogP contribution in [0.15, 0.2) is 57.7 Å². The summed E-state index contributed by atoms with van der Waals surface area (Å²) in [6.45, 7) is 1.99. The molecule has 0 saturated heterocycles. The zero-order valence-corrected chi connectivity index (χ0v) is 16.6. The number of aryl methyl sites for hydroxylation is 2. The summed E-state index contributed by atoms with van der Waals surface area (Å²) in [7, 11) is 0. The molecular formula is C24H25NO4. The molecule has 1 aliphatic carbocycles. The zero-order valence-electron chi connectivity index (χ0n) is 16.6. The van der Waals surface area contributed by atoms with Gasteiger partial charge in [-0.05, 0) is 54.5 Å². The van der Waals surface area contributed by atoms with Gasteiger partial charge in [-0.3, -0.25) is 4.79 Å². The maximum atomic E-state index is 12.4. The molecule has 1 heterocycles. The molecule has 4 rings (SSSR count). The number of carbonyl (C=O) groups is 1. The Bertz CT molecular complexity index is 1090. The minimum Gasteiger partial charge on any atom is -0.484 e. The molecule has 3 aromatic rings. The van der Waals surface area contributed by atoms with Crippen molar-refractivity contribution in [3.05, 3.63) is 75.6 Å². The van der Waals surface area contributed by atoms with Crippen LogP contribution in [0, 0.1) is 0 Å². The van der Waals surface area contributed by atoms with Crippen molar-refractivity contribution in [2.24, 2.45) is 0 Å². The molecule has 29 heavy (non-hydrogen) atoms. The molecule has 0 aliphatic heterocycles. The fourth-order valence-corrected chi connectivity index (χ4v) is 4.06. The number of ether oxygens (including phenoxy) is 1. The SMILES string of the molecule is CCCc1cc(=O)oc2cc(OCC(=O)N[C@H]3CCCc4ccccc43)ccc12. The average Bonchev–Trinajstić information content (AvgIpc) is 2.72. The van der Waals surface area contributed by atoms with Crippen molar-refractivity contribution in [3.63, 3.8) is 0 Å². The fourth-order valence-electron chi connectivity index (χ4n) is 4.06. The highest BCUT2D eigenvalue weighted by Gasteiger charge is 2.21. The molecule has 0 radical (unpaired) electrons. The molecule has 1 aliphatic rings. The minimum absolute atomic E-state index is 0.0299. The summed E-state index contributed by atoms with van der Waals surface area (Å²) >= 11 is 0. The Kier molecular flexibility index (Phi) is 5.65. The van der Waals surface area contributed by atoms with E-state index in [2.05, 4.69) is 24.4 Å². The molecule has 5 nitrogen and oxygen atoms in total. The predicted molar refractivity (Wildman–Crippen MR) is 112 cm³/mol. The Morgan fingerprint density at radius 3 is 2.93 bits per heavy atom. The summed E-state index contributed by atoms with van der Waals surface area (Å²) in [5, 5.41) is 3.98. The van der Waals surface area contributed by atoms with Crippen molar-refractivity contribution in [3.8, 4) is 5.75 Å². The van der Waals surface area contributed by atoms with Gasteiger partial charge in [-0.25, -0.2) is 4.79 Å². The third-order valence-corrected chi connectivity index (χ3v) is 5.40. The van der Waals surface area contributed by atoms with Crippen LogP contribution in [-0.2, 0) is 17.6 Å². The first-order valence-corrected chi connectivity index (χ1v) is 10.2. The number of fused-ring (bicyclic) bond motifs is 2. The number of amides is 1. The molecule has 1 amide bonds. The van der Waals surface area contributed by atoms with Crippen LogP contribution in [0.4, 0.5) is 0 Å². The van der Waals surface area contributed by atoms with Crippen LogP contribution in [-0.4, -0.2) is 12.5 Å². The first-order chi connectivity index (χ1) is 14.1. The van der Waals surface area contributed by atoms with Crippen LogP contribution in [0.1, 0.15) is 48.9 Å². The lowest BCUT2D eigenvalue weighted by molar-refractivity contribution is -0.123. The third-order valence-electron chi connectivity index (χ3n) is 5.40. The molecule has 1 N–H and O–H groups in total. The largest absolute Gasteiger partial charge is 0.484 e. The van der Waals surface area contributed by atoms with Crippen LogP contribution in [0.3, 0.4) is 0 Å². The average molecular weight is 391 g/mol. The molecule has 150 valence electrons. The number of carbonyl (C=O) groups excluding carboxylic acids is 1. The highest BCUT2D eigenvalue weighted by molar-refractivity contribution is 5.82. The van der Waals surface area contributed by atoms with Crippen molar-refractivity contribution < 1.29 is 13.9 Å². The van der Waals surface area contributed by atoms with Gasteiger partial charge < -0.3 is 14.5 Å². The molecule has 1 atom stereocenters. The standard InChI is InChI=1S/C24H25NO4/c1-2-6-17-13-24(27)29-22-14-18(11-12-20(17)22)28-15-23(26)25-21-10-5-8-16-7-3-4-9-19(16)21/h3-4,7,9,11-14,21H,2,5-6,8,10,15H2,1H3,(H,25,26)/t21-/m0/s1. The first kappa shape index (κ1) is 19.2. The number of nitrogens with one attached hydrogen (secondary N) is 1. The lowest BCUT2D eigenvalue weighted by atomic mass is 9.88. The van der Waals surface area contributed by atoms with Crippen LogP contribution in [0.2, 0.25) is 0 Å². The highest BCUT2D eigenvalue weighted by atomic mass is 16.5. The van der Waals surface area contributed by atoms with Crippen molar-refractivity contribution in [2.75, 3.05) is 6.61 Å². The minimum atomic E-state index is -0.369. The van der Waals surface area contributed by atoms with Crippen LogP contribution in [0.25, 0.3) is 11.0 Å². The Morgan fingerprint density at radius 2 is 2.07 bits per heavy atom. The molecule has 5 heteroatoms. The van der Waals surface area contributed by atoms with Crippen molar-refractivity contribution in [1.82, 2.24) is 5.32 Å². The molecule has 0 bridgehead atoms. The van der Waals surface area contributed by atoms with Crippen molar-refractivity contribution in [1.29, 1.82) is 0 Å². The van der Waals surface area contributed by atoms with Gasteiger partial charge in [0.05, 0.1) is 6.04 Å². The van der Waals surface area contributed by atoms with E-state index in [0.717, 1.165) is 43.1 Å². The topological polar surface area (TPSA) is 68.5 Å². The summed E-state index contributed by atoms with van der Waals surface area (Å²) in [4.78, 5) is 24.2. The Labute approximate surface area is 169 Å². The smallest absolute Gasteiger partial charge is 0.336 e. The third kappa shape index (κ3) is 4.34. The van der Waals surface area contributed by atoms with Crippen LogP contribution < -0.4 is 15.7 Å². The normalized spacial score (nSPS) is 15.7. The second-order valence-corrected chi connectivity index (χ2v) is 7.50. The second kappa shape index (κ2) is 8.52. The Balaban J connectivity index is 1.43. The summed E-state index contributed by atoms with van der Waals surface area (Å²) in [5.41, 5.74) is 3.59. The van der Waals surface area contributed by atoms with Gasteiger partial charge in [0.25, 0.3) is 5.91 Å². The highest BCUT2D eigenvalue weighted by Crippen LogP contribution is 2.29. The van der Waals surface area contributed by atoms with E-state index < -0.39 is 0 Å². The molecular weight excluding hydrogens is 366 g/mol. The van der Waals surface area contributed by atoms with Gasteiger partial charge in [-0.1, -0.05) is 37.6 Å². The lowest BCUT2D eigenvalue weighted by Crippen LogP contribution is -2.34. The summed E-state index contributed by atoms with van der Waals surface area (Å²) in [6.07, 6.45) is 4.81. The summed E-state index contributed by atoms with van der Waals surface area (Å²) in [6, 6.07) is 15.2. The number of hydrogen-bond donors (Lipinski definition) is 1. The van der Waals surface area contributed by atoms with E-state index in [4.69, 9.17) is 9.15 Å². The van der Waals surface area contributed by atoms with E-state index in [0.29, 0.717) is 11.3 Å². The number of benzene rings is 2. The predicted octanol–water partition coefficient (Wildman–Crippen LogP) is 4.32. The number of hydrogen-bond acceptors (Lipinski definition) is 4. The fraction of sp³-hybridized carbons (Fsp3) is 0.333. The van der Waals surface area contributed by atoms with Crippen LogP contribution in [0.5, 0.6) is 5.75 Å². The number of rotatable bonds is 6. The molecule has 0 fully saturated rings. The van der Waals surface area contributed by atoms with Crippen molar-refractivity contribution in [2.45, 2.75) is 45.1 Å². The van der Waals surface area contributed by atoms with E-state index in [1.807, 2.05) is 24.3 Å². The maximum absolute atomic E-state index is 12.4. The van der Waals surface area contributed by atoms with E-state index in [9.17, 15) is 9.59 Å². The first-order valence-electron chi connectivity index (χ1n) is 10.2. The van der Waals surface area contributed by atoms with Gasteiger partial charge >= 0.3 is 5.63 Å². The second-order valence-electron chi connectivity index (χ2n) is 7.50. The Hall–Kier alpha value is -3.08. The van der Waals surface area contributed by atoms with Gasteiger partial charge in [-0.2, -0.15) is 0 Å². The van der Waals surface area contributed by atoms with E-state index in [1.165, 1.54) is 11.1 Å². The van der Waals surface area contributed by atoms with Gasteiger partial charge in [-0.15, -0.1) is 0 Å². The van der Waals surface area contributed by atoms with Crippen LogP contribution >= 0.6 is 0 Å². The van der Waals surface area contributed by atoms with Crippen molar-refractivity contribution >= 4 is 16.9 Å². The lowest BCUT2D eigenvalue weighted by Gasteiger charge is -2.26. The van der Waals surface area contributed by atoms with E-state index in [-0.39, 0.29) is 24.2 Å². The van der Waals surface area contributed by atoms with Gasteiger partial charge in [0.1, 0.15) is 11.3 Å². The molecule has 2 aromatic carbocycles. The zero-order chi connectivity index (χ0) is 20.2.